The molecule has 3 amide bonds. The van der Waals surface area contributed by atoms with E-state index in [-0.39, 0.29) is 62.1 Å². The Morgan fingerprint density at radius 1 is 0.630 bits per heavy atom. The zero-order valence-corrected chi connectivity index (χ0v) is 42.6. The summed E-state index contributed by atoms with van der Waals surface area (Å²) in [6.45, 7) is 13.7. The largest absolute Gasteiger partial charge is 0.464 e. The second-order valence-corrected chi connectivity index (χ2v) is 19.8. The number of amides is 3. The molecule has 1 N–H and O–H groups in total. The summed E-state index contributed by atoms with van der Waals surface area (Å²) in [5.41, 5.74) is -1.17. The van der Waals surface area contributed by atoms with Crippen LogP contribution >= 0.6 is 0 Å². The van der Waals surface area contributed by atoms with Crippen LogP contribution in [-0.4, -0.2) is 106 Å². The monoisotopic (exact) mass is 1000 g/mol. The van der Waals surface area contributed by atoms with E-state index in [0.717, 1.165) is 0 Å². The third-order valence-corrected chi connectivity index (χ3v) is 12.1. The van der Waals surface area contributed by atoms with Crippen molar-refractivity contribution >= 4 is 35.8 Å². The van der Waals surface area contributed by atoms with E-state index in [1.807, 2.05) is 48.5 Å². The zero-order valence-electron chi connectivity index (χ0n) is 42.6. The Morgan fingerprint density at radius 2 is 1.12 bits per heavy atom. The van der Waals surface area contributed by atoms with Crippen LogP contribution in [0.1, 0.15) is 114 Å². The summed E-state index contributed by atoms with van der Waals surface area (Å²) in [7, 11) is 0. The van der Waals surface area contributed by atoms with Crippen molar-refractivity contribution in [3.8, 4) is 34.3 Å². The van der Waals surface area contributed by atoms with Crippen LogP contribution in [0.2, 0.25) is 0 Å². The number of oxazole rings is 1. The highest BCUT2D eigenvalue weighted by Crippen LogP contribution is 2.40. The molecule has 2 saturated heterocycles. The molecule has 4 aromatic carbocycles. The number of likely N-dealkylation sites (tertiary alicyclic amines) is 2. The van der Waals surface area contributed by atoms with E-state index in [1.54, 1.807) is 109 Å². The third-order valence-electron chi connectivity index (χ3n) is 12.1. The Morgan fingerprint density at radius 3 is 1.64 bits per heavy atom. The Balaban J connectivity index is 1.13. The Kier molecular flexibility index (Phi) is 16.9. The summed E-state index contributed by atoms with van der Waals surface area (Å²) in [5.74, 6) is -1.69. The van der Waals surface area contributed by atoms with Crippen LogP contribution in [0.3, 0.4) is 0 Å². The van der Waals surface area contributed by atoms with Crippen molar-refractivity contribution in [2.45, 2.75) is 116 Å². The van der Waals surface area contributed by atoms with Gasteiger partial charge < -0.3 is 48.0 Å². The third kappa shape index (κ3) is 13.8. The van der Waals surface area contributed by atoms with Gasteiger partial charge in [0, 0.05) is 24.2 Å². The molecule has 5 atom stereocenters. The number of nitrogens with zero attached hydrogens (tertiary/aromatic N) is 3. The van der Waals surface area contributed by atoms with E-state index in [1.165, 1.54) is 17.0 Å². The van der Waals surface area contributed by atoms with Crippen molar-refractivity contribution in [1.82, 2.24) is 20.1 Å². The first kappa shape index (κ1) is 53.1. The first-order valence-corrected chi connectivity index (χ1v) is 24.6. The first-order valence-electron chi connectivity index (χ1n) is 24.6. The molecule has 1 aromatic heterocycles. The van der Waals surface area contributed by atoms with Gasteiger partial charge >= 0.3 is 24.1 Å². The maximum absolute atomic E-state index is 14.4. The highest BCUT2D eigenvalue weighted by Gasteiger charge is 2.48. The number of hydrogen-bond acceptors (Lipinski definition) is 14. The van der Waals surface area contributed by atoms with Gasteiger partial charge in [0.1, 0.15) is 34.2 Å². The van der Waals surface area contributed by atoms with Crippen LogP contribution in [0.25, 0.3) is 11.3 Å². The fraction of sp³-hybridized carbons (Fsp3) is 0.411. The van der Waals surface area contributed by atoms with Crippen molar-refractivity contribution in [3.63, 3.8) is 0 Å². The zero-order chi connectivity index (χ0) is 52.5. The van der Waals surface area contributed by atoms with Crippen molar-refractivity contribution < 1.29 is 61.6 Å². The molecule has 386 valence electrons. The van der Waals surface area contributed by atoms with E-state index in [0.29, 0.717) is 41.4 Å². The number of piperidine rings is 2. The first-order chi connectivity index (χ1) is 34.8. The molecule has 3 heterocycles. The lowest BCUT2D eigenvalue weighted by molar-refractivity contribution is -0.146. The maximum atomic E-state index is 14.4. The number of esters is 2. The number of nitrogens with one attached hydrogen (secondary N) is 1. The minimum Gasteiger partial charge on any atom is -0.464 e. The quantitative estimate of drug-likeness (QED) is 0.0449. The van der Waals surface area contributed by atoms with Crippen LogP contribution in [-0.2, 0) is 28.5 Å². The molecule has 2 aliphatic heterocycles. The van der Waals surface area contributed by atoms with E-state index < -0.39 is 77.0 Å². The lowest BCUT2D eigenvalue weighted by atomic mass is 9.82. The van der Waals surface area contributed by atoms with Crippen LogP contribution in [0.4, 0.5) is 9.59 Å². The molecule has 5 aromatic rings. The smallest absolute Gasteiger partial charge is 0.410 e. The molecular weight excluding hydrogens is 937 g/mol. The van der Waals surface area contributed by atoms with Gasteiger partial charge in [-0.3, -0.25) is 9.59 Å². The average Bonchev–Trinajstić information content (AvgIpc) is 3.81. The van der Waals surface area contributed by atoms with E-state index >= 15 is 0 Å². The summed E-state index contributed by atoms with van der Waals surface area (Å²) in [4.78, 5) is 91.4. The molecule has 2 fully saturated rings. The normalized spacial score (nSPS) is 18.4. The second-order valence-electron chi connectivity index (χ2n) is 19.8. The molecule has 0 bridgehead atoms. The van der Waals surface area contributed by atoms with Crippen LogP contribution in [0, 0.1) is 5.92 Å². The Bertz CT molecular complexity index is 2710. The van der Waals surface area contributed by atoms with E-state index in [2.05, 4.69) is 5.32 Å². The summed E-state index contributed by atoms with van der Waals surface area (Å²) in [6.07, 6.45) is -0.165. The minimum absolute atomic E-state index is 0.0227. The lowest BCUT2D eigenvalue weighted by Crippen LogP contribution is -2.62. The van der Waals surface area contributed by atoms with Gasteiger partial charge in [-0.2, -0.15) is 0 Å². The fourth-order valence-electron chi connectivity index (χ4n) is 8.80. The van der Waals surface area contributed by atoms with Crippen molar-refractivity contribution in [1.29, 1.82) is 0 Å². The molecule has 73 heavy (non-hydrogen) atoms. The standard InChI is InChI=1S/C56H64N4O13/c1-9-67-51(63)45(47(61)35-21-27-41(28-22-35)69-39-17-13-11-14-18-39)57-49(62)37-25-31-43(59(33-37)53(65)72-55(3,4)5)44-32-26-38(34-60(44)54(66)73-56(6,7)8)50-58-46(52(64)68-10-2)48(71-50)36-23-29-42(30-24-36)70-40-19-15-12-16-20-40/h11-24,27-30,37-38,43-45H,9-10,25-26,31-34H2,1-8H3,(H,57,62). The molecule has 17 heteroatoms. The summed E-state index contributed by atoms with van der Waals surface area (Å²) >= 11 is 0. The molecule has 7 rings (SSSR count). The lowest BCUT2D eigenvalue weighted by Gasteiger charge is -2.48. The molecule has 0 saturated carbocycles. The number of carbonyl (C=O) groups is 6. The van der Waals surface area contributed by atoms with Gasteiger partial charge in [0.25, 0.3) is 0 Å². The van der Waals surface area contributed by atoms with E-state index in [4.69, 9.17) is 37.8 Å². The van der Waals surface area contributed by atoms with Gasteiger partial charge in [0.05, 0.1) is 37.1 Å². The molecule has 0 radical (unpaired) electrons. The Hall–Kier alpha value is -7.69. The van der Waals surface area contributed by atoms with Crippen LogP contribution < -0.4 is 14.8 Å². The number of para-hydroxylation sites is 2. The number of aromatic nitrogens is 1. The number of carbonyl (C=O) groups excluding carboxylic acids is 6. The topological polar surface area (TPSA) is 202 Å². The second kappa shape index (κ2) is 23.2. The number of hydrogen-bond donors (Lipinski definition) is 1. The van der Waals surface area contributed by atoms with Gasteiger partial charge in [0.2, 0.25) is 11.8 Å². The molecule has 2 aliphatic rings. The molecular formula is C56H64N4O13. The van der Waals surface area contributed by atoms with Gasteiger partial charge in [-0.25, -0.2) is 24.2 Å². The molecule has 0 aliphatic carbocycles. The number of ketones is 1. The van der Waals surface area contributed by atoms with Gasteiger partial charge in [-0.15, -0.1) is 0 Å². The van der Waals surface area contributed by atoms with E-state index in [9.17, 15) is 28.8 Å². The van der Waals surface area contributed by atoms with Crippen LogP contribution in [0.5, 0.6) is 23.0 Å². The summed E-state index contributed by atoms with van der Waals surface area (Å²) in [6, 6.07) is 28.6. The number of Topliss-reactive ketones (excluding diaryl/α,β-unsaturated/α-hetero) is 1. The minimum atomic E-state index is -1.69. The molecule has 5 unspecified atom stereocenters. The highest BCUT2D eigenvalue weighted by atomic mass is 16.6. The molecule has 17 nitrogen and oxygen atoms in total. The molecule has 0 spiro atoms. The van der Waals surface area contributed by atoms with Gasteiger partial charge in [-0.05, 0) is 154 Å². The van der Waals surface area contributed by atoms with Crippen LogP contribution in [0.15, 0.2) is 114 Å². The predicted molar refractivity (Wildman–Crippen MR) is 268 cm³/mol. The van der Waals surface area contributed by atoms with Crippen molar-refractivity contribution in [2.24, 2.45) is 5.92 Å². The van der Waals surface area contributed by atoms with Gasteiger partial charge in [-0.1, -0.05) is 36.4 Å². The number of rotatable bonds is 15. The maximum Gasteiger partial charge on any atom is 0.410 e. The van der Waals surface area contributed by atoms with Gasteiger partial charge in [0.15, 0.2) is 23.3 Å². The predicted octanol–water partition coefficient (Wildman–Crippen LogP) is 10.5. The summed E-state index contributed by atoms with van der Waals surface area (Å²) in [5, 5.41) is 2.64. The Labute approximate surface area is 425 Å². The number of benzene rings is 4. The highest BCUT2D eigenvalue weighted by molar-refractivity contribution is 6.14. The number of ether oxygens (including phenoxy) is 6. The summed E-state index contributed by atoms with van der Waals surface area (Å²) < 4.78 is 40.9. The van der Waals surface area contributed by atoms with Crippen molar-refractivity contribution in [3.05, 3.63) is 126 Å². The average molecular weight is 1000 g/mol. The SMILES string of the molecule is CCOC(=O)c1nc(C2CCC(C3CCC(C(=O)NC(C(=O)OCC)C(=O)c4ccc(Oc5ccccc5)cc4)CN3C(=O)OC(C)(C)C)N(C(=O)OC(C)(C)C)C2)oc1-c1ccc(Oc2ccccc2)cc1. The fourth-order valence-corrected chi connectivity index (χ4v) is 8.80. The van der Waals surface area contributed by atoms with Crippen molar-refractivity contribution in [2.75, 3.05) is 26.3 Å².